The van der Waals surface area contributed by atoms with E-state index in [4.69, 9.17) is 15.2 Å². The topological polar surface area (TPSA) is 57.4 Å². The second-order valence-corrected chi connectivity index (χ2v) is 4.33. The molecule has 0 fully saturated rings. The number of hydrogen-bond acceptors (Lipinski definition) is 4. The highest BCUT2D eigenvalue weighted by Gasteiger charge is 2.09. The minimum Gasteiger partial charge on any atom is -0.493 e. The van der Waals surface area contributed by atoms with E-state index >= 15 is 0 Å². The summed E-state index contributed by atoms with van der Waals surface area (Å²) >= 11 is 0. The van der Waals surface area contributed by atoms with Crippen molar-refractivity contribution in [2.45, 2.75) is 0 Å². The van der Waals surface area contributed by atoms with Crippen molar-refractivity contribution in [3.8, 4) is 17.2 Å². The number of nitrogens with two attached hydrogens (primary N) is 1. The second kappa shape index (κ2) is 5.09. The Bertz CT molecular complexity index is 756. The number of para-hydroxylation sites is 2. The van der Waals surface area contributed by atoms with Crippen LogP contribution in [0.15, 0.2) is 54.9 Å². The fraction of sp³-hybridized carbons (Fsp3) is 0.0625. The first-order valence-corrected chi connectivity index (χ1v) is 6.22. The predicted molar refractivity (Wildman–Crippen MR) is 79.2 cm³/mol. The first-order chi connectivity index (χ1) is 9.79. The van der Waals surface area contributed by atoms with Gasteiger partial charge in [0, 0.05) is 28.9 Å². The van der Waals surface area contributed by atoms with E-state index in [1.54, 1.807) is 19.5 Å². The van der Waals surface area contributed by atoms with Gasteiger partial charge in [-0.25, -0.2) is 0 Å². The maximum atomic E-state index is 5.97. The Labute approximate surface area is 116 Å². The van der Waals surface area contributed by atoms with Gasteiger partial charge in [-0.3, -0.25) is 4.98 Å². The lowest BCUT2D eigenvalue weighted by Crippen LogP contribution is -1.93. The third-order valence-electron chi connectivity index (χ3n) is 3.10. The highest BCUT2D eigenvalue weighted by Crippen LogP contribution is 2.36. The number of anilines is 1. The Hall–Kier alpha value is -2.75. The van der Waals surface area contributed by atoms with Crippen molar-refractivity contribution in [3.05, 3.63) is 54.9 Å². The summed E-state index contributed by atoms with van der Waals surface area (Å²) in [6.45, 7) is 0. The molecule has 0 radical (unpaired) electrons. The van der Waals surface area contributed by atoms with Gasteiger partial charge in [0.05, 0.1) is 7.11 Å². The van der Waals surface area contributed by atoms with Gasteiger partial charge in [-0.15, -0.1) is 0 Å². The molecule has 3 rings (SSSR count). The van der Waals surface area contributed by atoms with Crippen molar-refractivity contribution < 1.29 is 9.47 Å². The van der Waals surface area contributed by atoms with Crippen LogP contribution in [0.1, 0.15) is 0 Å². The Morgan fingerprint density at radius 2 is 1.70 bits per heavy atom. The number of ether oxygens (including phenoxy) is 2. The zero-order chi connectivity index (χ0) is 13.9. The number of nitrogens with zero attached hydrogens (tertiary/aromatic N) is 1. The van der Waals surface area contributed by atoms with Crippen LogP contribution >= 0.6 is 0 Å². The van der Waals surface area contributed by atoms with Gasteiger partial charge in [0.15, 0.2) is 11.5 Å². The van der Waals surface area contributed by atoms with Crippen LogP contribution in [0, 0.1) is 0 Å². The molecule has 0 bridgehead atoms. The van der Waals surface area contributed by atoms with E-state index in [0.717, 1.165) is 10.8 Å². The SMILES string of the molecule is COc1ccccc1Oc1ccc(N)c2ccncc12. The Balaban J connectivity index is 2.09. The zero-order valence-electron chi connectivity index (χ0n) is 11.0. The van der Waals surface area contributed by atoms with Crippen LogP contribution in [0.3, 0.4) is 0 Å². The standard InChI is InChI=1S/C16H14N2O2/c1-19-15-4-2-3-5-16(15)20-14-7-6-13(17)11-8-9-18-10-12(11)14/h2-10H,17H2,1H3. The second-order valence-electron chi connectivity index (χ2n) is 4.33. The zero-order valence-corrected chi connectivity index (χ0v) is 11.0. The molecule has 0 aliphatic heterocycles. The van der Waals surface area contributed by atoms with E-state index in [-0.39, 0.29) is 0 Å². The molecule has 2 N–H and O–H groups in total. The van der Waals surface area contributed by atoms with Crippen molar-refractivity contribution >= 4 is 16.5 Å². The van der Waals surface area contributed by atoms with E-state index in [9.17, 15) is 0 Å². The molecule has 3 aromatic rings. The average Bonchev–Trinajstić information content (AvgIpc) is 2.51. The number of nitrogen functional groups attached to an aromatic ring is 1. The van der Waals surface area contributed by atoms with Gasteiger partial charge in [-0.05, 0) is 30.3 Å². The van der Waals surface area contributed by atoms with E-state index in [2.05, 4.69) is 4.98 Å². The van der Waals surface area contributed by atoms with Crippen molar-refractivity contribution in [2.75, 3.05) is 12.8 Å². The summed E-state index contributed by atoms with van der Waals surface area (Å²) in [6, 6.07) is 13.0. The number of pyridine rings is 1. The number of rotatable bonds is 3. The van der Waals surface area contributed by atoms with Crippen LogP contribution in [0.4, 0.5) is 5.69 Å². The molecule has 4 heteroatoms. The summed E-state index contributed by atoms with van der Waals surface area (Å²) in [6.07, 6.45) is 3.46. The first kappa shape index (κ1) is 12.3. The summed E-state index contributed by atoms with van der Waals surface area (Å²) < 4.78 is 11.2. The summed E-state index contributed by atoms with van der Waals surface area (Å²) in [7, 11) is 1.62. The molecular formula is C16H14N2O2. The lowest BCUT2D eigenvalue weighted by molar-refractivity contribution is 0.380. The normalized spacial score (nSPS) is 10.4. The molecule has 0 spiro atoms. The van der Waals surface area contributed by atoms with E-state index in [0.29, 0.717) is 22.9 Å². The minimum atomic E-state index is 0.657. The van der Waals surface area contributed by atoms with Crippen LogP contribution in [-0.4, -0.2) is 12.1 Å². The first-order valence-electron chi connectivity index (χ1n) is 6.22. The van der Waals surface area contributed by atoms with Gasteiger partial charge in [0.1, 0.15) is 5.75 Å². The summed E-state index contributed by atoms with van der Waals surface area (Å²) in [4.78, 5) is 4.13. The molecule has 0 unspecified atom stereocenters. The maximum Gasteiger partial charge on any atom is 0.169 e. The molecule has 100 valence electrons. The van der Waals surface area contributed by atoms with E-state index < -0.39 is 0 Å². The molecule has 1 aromatic heterocycles. The monoisotopic (exact) mass is 266 g/mol. The van der Waals surface area contributed by atoms with Gasteiger partial charge in [0.2, 0.25) is 0 Å². The smallest absolute Gasteiger partial charge is 0.169 e. The molecular weight excluding hydrogens is 252 g/mol. The number of hydrogen-bond donors (Lipinski definition) is 1. The molecule has 0 aliphatic carbocycles. The van der Waals surface area contributed by atoms with Gasteiger partial charge in [0.25, 0.3) is 0 Å². The van der Waals surface area contributed by atoms with Crippen LogP contribution in [-0.2, 0) is 0 Å². The van der Waals surface area contributed by atoms with Crippen LogP contribution in [0.25, 0.3) is 10.8 Å². The number of aromatic nitrogens is 1. The van der Waals surface area contributed by atoms with Gasteiger partial charge >= 0.3 is 0 Å². The molecule has 0 saturated heterocycles. The molecule has 2 aromatic carbocycles. The largest absolute Gasteiger partial charge is 0.493 e. The Morgan fingerprint density at radius 3 is 2.50 bits per heavy atom. The number of methoxy groups -OCH3 is 1. The average molecular weight is 266 g/mol. The van der Waals surface area contributed by atoms with Gasteiger partial charge < -0.3 is 15.2 Å². The van der Waals surface area contributed by atoms with Crippen molar-refractivity contribution in [1.82, 2.24) is 4.98 Å². The van der Waals surface area contributed by atoms with Gasteiger partial charge in [-0.1, -0.05) is 12.1 Å². The predicted octanol–water partition coefficient (Wildman–Crippen LogP) is 3.62. The summed E-state index contributed by atoms with van der Waals surface area (Å²) in [5.41, 5.74) is 6.67. The molecule has 0 amide bonds. The third kappa shape index (κ3) is 2.12. The van der Waals surface area contributed by atoms with E-state index in [1.165, 1.54) is 0 Å². The fourth-order valence-electron chi connectivity index (χ4n) is 2.10. The Morgan fingerprint density at radius 1 is 0.900 bits per heavy atom. The van der Waals surface area contributed by atoms with Crippen molar-refractivity contribution in [2.24, 2.45) is 0 Å². The molecule has 0 atom stereocenters. The highest BCUT2D eigenvalue weighted by molar-refractivity contribution is 5.96. The summed E-state index contributed by atoms with van der Waals surface area (Å²) in [5, 5.41) is 1.80. The lowest BCUT2D eigenvalue weighted by atomic mass is 10.1. The lowest BCUT2D eigenvalue weighted by Gasteiger charge is -2.12. The summed E-state index contributed by atoms with van der Waals surface area (Å²) in [5.74, 6) is 2.04. The minimum absolute atomic E-state index is 0.657. The molecule has 1 heterocycles. The molecule has 0 saturated carbocycles. The molecule has 20 heavy (non-hydrogen) atoms. The van der Waals surface area contributed by atoms with Crippen LogP contribution < -0.4 is 15.2 Å². The van der Waals surface area contributed by atoms with Crippen LogP contribution in [0.2, 0.25) is 0 Å². The molecule has 4 nitrogen and oxygen atoms in total. The van der Waals surface area contributed by atoms with Crippen molar-refractivity contribution in [1.29, 1.82) is 0 Å². The molecule has 0 aliphatic rings. The van der Waals surface area contributed by atoms with E-state index in [1.807, 2.05) is 42.5 Å². The number of fused-ring (bicyclic) bond motifs is 1. The Kier molecular flexibility index (Phi) is 3.13. The highest BCUT2D eigenvalue weighted by atomic mass is 16.5. The maximum absolute atomic E-state index is 5.97. The third-order valence-corrected chi connectivity index (χ3v) is 3.10. The quantitative estimate of drug-likeness (QED) is 0.736. The number of benzene rings is 2. The van der Waals surface area contributed by atoms with Crippen LogP contribution in [0.5, 0.6) is 17.2 Å². The van der Waals surface area contributed by atoms with Crippen molar-refractivity contribution in [3.63, 3.8) is 0 Å². The van der Waals surface area contributed by atoms with Gasteiger partial charge in [-0.2, -0.15) is 0 Å². The fourth-order valence-corrected chi connectivity index (χ4v) is 2.10.